The average Bonchev–Trinajstić information content (AvgIpc) is 3.32. The minimum atomic E-state index is -0.974. The quantitative estimate of drug-likeness (QED) is 0.569. The molecule has 0 aliphatic carbocycles. The molecule has 1 N–H and O–H groups in total. The van der Waals surface area contributed by atoms with Crippen molar-refractivity contribution in [3.05, 3.63) is 71.2 Å². The van der Waals surface area contributed by atoms with Crippen molar-refractivity contribution in [3.63, 3.8) is 0 Å². The molecule has 0 bridgehead atoms. The van der Waals surface area contributed by atoms with Crippen LogP contribution < -0.4 is 15.0 Å². The van der Waals surface area contributed by atoms with Crippen LogP contribution in [-0.2, 0) is 4.79 Å². The van der Waals surface area contributed by atoms with Crippen LogP contribution in [0.4, 0.5) is 5.69 Å². The van der Waals surface area contributed by atoms with E-state index in [0.29, 0.717) is 17.0 Å². The van der Waals surface area contributed by atoms with Gasteiger partial charge in [0.15, 0.2) is 5.69 Å². The van der Waals surface area contributed by atoms with Gasteiger partial charge in [-0.2, -0.15) is 0 Å². The van der Waals surface area contributed by atoms with Gasteiger partial charge in [0.25, 0.3) is 5.91 Å². The number of hydrogen-bond acceptors (Lipinski definition) is 6. The summed E-state index contributed by atoms with van der Waals surface area (Å²) >= 11 is 1.08. The topological polar surface area (TPSA) is 84.4 Å². The van der Waals surface area contributed by atoms with Crippen molar-refractivity contribution in [3.8, 4) is 5.75 Å². The van der Waals surface area contributed by atoms with E-state index in [1.54, 1.807) is 36.8 Å². The third-order valence-corrected chi connectivity index (χ3v) is 5.62. The summed E-state index contributed by atoms with van der Waals surface area (Å²) in [5, 5.41) is 8.60. The number of methoxy groups -OCH3 is 1. The minimum Gasteiger partial charge on any atom is -0.496 e. The monoisotopic (exact) mass is 438 g/mol. The Balaban J connectivity index is 2.19. The maximum Gasteiger partial charge on any atom is 0.280 e. The van der Waals surface area contributed by atoms with Gasteiger partial charge in [0.1, 0.15) is 11.8 Å². The van der Waals surface area contributed by atoms with E-state index in [1.807, 2.05) is 51.1 Å². The molecule has 0 saturated heterocycles. The summed E-state index contributed by atoms with van der Waals surface area (Å²) in [7, 11) is 1.54. The Bertz CT molecular complexity index is 1020. The average molecular weight is 439 g/mol. The summed E-state index contributed by atoms with van der Waals surface area (Å²) in [5.74, 6) is -0.209. The molecule has 1 aromatic heterocycles. The molecule has 8 heteroatoms. The number of ether oxygens (including phenoxy) is 1. The van der Waals surface area contributed by atoms with E-state index >= 15 is 0 Å². The van der Waals surface area contributed by atoms with Crippen LogP contribution in [0.15, 0.2) is 60.0 Å². The Kier molecular flexibility index (Phi) is 7.02. The zero-order valence-corrected chi connectivity index (χ0v) is 18.8. The summed E-state index contributed by atoms with van der Waals surface area (Å²) in [6.07, 6.45) is 0.729. The van der Waals surface area contributed by atoms with Crippen LogP contribution in [0, 0.1) is 0 Å². The predicted octanol–water partition coefficient (Wildman–Crippen LogP) is 4.24. The van der Waals surface area contributed by atoms with Crippen molar-refractivity contribution >= 4 is 29.0 Å². The van der Waals surface area contributed by atoms with Crippen molar-refractivity contribution < 1.29 is 14.3 Å². The molecule has 0 radical (unpaired) electrons. The number of para-hydroxylation sites is 2. The zero-order valence-electron chi connectivity index (χ0n) is 18.0. The normalized spacial score (nSPS) is 12.1. The first kappa shape index (κ1) is 22.4. The van der Waals surface area contributed by atoms with Crippen LogP contribution in [-0.4, -0.2) is 34.1 Å². The first-order chi connectivity index (χ1) is 14.9. The number of hydrogen-bond donors (Lipinski definition) is 1. The summed E-state index contributed by atoms with van der Waals surface area (Å²) in [5.41, 5.74) is 0.872. The molecule has 2 aromatic carbocycles. The second-order valence-corrected chi connectivity index (χ2v) is 8.28. The Hall–Kier alpha value is -3.26. The van der Waals surface area contributed by atoms with E-state index in [9.17, 15) is 9.59 Å². The van der Waals surface area contributed by atoms with Gasteiger partial charge in [-0.25, -0.2) is 0 Å². The molecule has 7 nitrogen and oxygen atoms in total. The standard InChI is InChI=1S/C23H26N4O3S/c1-5-23(2,3)24-21(28)20(17-13-9-10-14-19(17)30-4)27(16-11-7-6-8-12-16)22(29)18-15-31-26-25-18/h6-15,20H,5H2,1-4H3,(H,24,28)/t20-/m0/s1. The third-order valence-electron chi connectivity index (χ3n) is 5.12. The fourth-order valence-electron chi connectivity index (χ4n) is 3.13. The maximum atomic E-state index is 13.7. The predicted molar refractivity (Wildman–Crippen MR) is 121 cm³/mol. The third kappa shape index (κ3) is 5.08. The van der Waals surface area contributed by atoms with E-state index < -0.39 is 17.5 Å². The van der Waals surface area contributed by atoms with Gasteiger partial charge in [0.2, 0.25) is 5.91 Å². The zero-order chi connectivity index (χ0) is 22.4. The van der Waals surface area contributed by atoms with Crippen molar-refractivity contribution in [2.45, 2.75) is 38.8 Å². The van der Waals surface area contributed by atoms with Crippen molar-refractivity contribution in [1.29, 1.82) is 0 Å². The Morgan fingerprint density at radius 3 is 2.42 bits per heavy atom. The van der Waals surface area contributed by atoms with Gasteiger partial charge in [-0.05, 0) is 50.0 Å². The molecule has 0 aliphatic rings. The molecule has 3 aromatic rings. The van der Waals surface area contributed by atoms with Crippen LogP contribution in [0.5, 0.6) is 5.75 Å². The molecule has 3 rings (SSSR count). The number of amides is 2. The number of nitrogens with zero attached hydrogens (tertiary/aromatic N) is 3. The van der Waals surface area contributed by atoms with E-state index in [2.05, 4.69) is 14.9 Å². The summed E-state index contributed by atoms with van der Waals surface area (Å²) in [6.45, 7) is 5.89. The number of benzene rings is 2. The molecule has 2 amide bonds. The van der Waals surface area contributed by atoms with E-state index in [1.165, 1.54) is 4.90 Å². The molecule has 0 fully saturated rings. The van der Waals surface area contributed by atoms with Crippen molar-refractivity contribution in [1.82, 2.24) is 14.9 Å². The van der Waals surface area contributed by atoms with Gasteiger partial charge in [-0.15, -0.1) is 5.10 Å². The fraction of sp³-hybridized carbons (Fsp3) is 0.304. The Labute approximate surface area is 186 Å². The Morgan fingerprint density at radius 2 is 1.81 bits per heavy atom. The van der Waals surface area contributed by atoms with Gasteiger partial charge in [-0.1, -0.05) is 47.8 Å². The Morgan fingerprint density at radius 1 is 1.13 bits per heavy atom. The van der Waals surface area contributed by atoms with Gasteiger partial charge < -0.3 is 10.1 Å². The molecule has 0 saturated carbocycles. The molecule has 0 unspecified atom stereocenters. The smallest absolute Gasteiger partial charge is 0.280 e. The summed E-state index contributed by atoms with van der Waals surface area (Å²) < 4.78 is 9.37. The van der Waals surface area contributed by atoms with Crippen molar-refractivity contribution in [2.75, 3.05) is 12.0 Å². The van der Waals surface area contributed by atoms with E-state index in [4.69, 9.17) is 4.74 Å². The van der Waals surface area contributed by atoms with Crippen LogP contribution in [0.25, 0.3) is 0 Å². The molecular weight excluding hydrogens is 412 g/mol. The van der Waals surface area contributed by atoms with Crippen LogP contribution in [0.1, 0.15) is 49.3 Å². The number of rotatable bonds is 8. The number of carbonyl (C=O) groups excluding carboxylic acids is 2. The van der Waals surface area contributed by atoms with Gasteiger partial charge in [0, 0.05) is 22.2 Å². The molecular formula is C23H26N4O3S. The largest absolute Gasteiger partial charge is 0.496 e. The van der Waals surface area contributed by atoms with Gasteiger partial charge >= 0.3 is 0 Å². The molecule has 0 aliphatic heterocycles. The van der Waals surface area contributed by atoms with E-state index in [-0.39, 0.29) is 11.6 Å². The summed E-state index contributed by atoms with van der Waals surface area (Å²) in [6, 6.07) is 15.3. The van der Waals surface area contributed by atoms with Gasteiger partial charge in [-0.3, -0.25) is 14.5 Å². The van der Waals surface area contributed by atoms with E-state index in [0.717, 1.165) is 18.0 Å². The second kappa shape index (κ2) is 9.70. The lowest BCUT2D eigenvalue weighted by atomic mass is 9.97. The molecule has 162 valence electrons. The lowest BCUT2D eigenvalue weighted by Crippen LogP contribution is -2.50. The number of aromatic nitrogens is 2. The lowest BCUT2D eigenvalue weighted by molar-refractivity contribution is -0.124. The SMILES string of the molecule is CCC(C)(C)NC(=O)[C@H](c1ccccc1OC)N(C(=O)c1csnn1)c1ccccc1. The minimum absolute atomic E-state index is 0.177. The molecule has 1 heterocycles. The lowest BCUT2D eigenvalue weighted by Gasteiger charge is -2.34. The highest BCUT2D eigenvalue weighted by Crippen LogP contribution is 2.34. The van der Waals surface area contributed by atoms with Crippen molar-refractivity contribution in [2.24, 2.45) is 0 Å². The highest BCUT2D eigenvalue weighted by molar-refractivity contribution is 7.03. The molecule has 1 atom stereocenters. The number of anilines is 1. The highest BCUT2D eigenvalue weighted by atomic mass is 32.1. The number of nitrogens with one attached hydrogen (secondary N) is 1. The van der Waals surface area contributed by atoms with Crippen LogP contribution >= 0.6 is 11.5 Å². The second-order valence-electron chi connectivity index (χ2n) is 7.67. The number of carbonyl (C=O) groups is 2. The van der Waals surface area contributed by atoms with Gasteiger partial charge in [0.05, 0.1) is 7.11 Å². The first-order valence-corrected chi connectivity index (χ1v) is 10.8. The molecule has 31 heavy (non-hydrogen) atoms. The van der Waals surface area contributed by atoms with Crippen LogP contribution in [0.2, 0.25) is 0 Å². The first-order valence-electron chi connectivity index (χ1n) is 9.98. The maximum absolute atomic E-state index is 13.7. The molecule has 0 spiro atoms. The highest BCUT2D eigenvalue weighted by Gasteiger charge is 2.37. The van der Waals surface area contributed by atoms with Crippen LogP contribution in [0.3, 0.4) is 0 Å². The fourth-order valence-corrected chi connectivity index (χ4v) is 3.56. The summed E-state index contributed by atoms with van der Waals surface area (Å²) in [4.78, 5) is 28.7.